The number of hydrogen-bond acceptors (Lipinski definition) is 7. The Bertz CT molecular complexity index is 868. The predicted molar refractivity (Wildman–Crippen MR) is 97.4 cm³/mol. The smallest absolute Gasteiger partial charge is 0.316 e. The molecular formula is C17H15N3O3S2. The normalized spacial score (nSPS) is 10.6. The fourth-order valence-corrected chi connectivity index (χ4v) is 3.62. The highest BCUT2D eigenvalue weighted by Gasteiger charge is 2.11. The van der Waals surface area contributed by atoms with Crippen molar-refractivity contribution in [2.24, 2.45) is 0 Å². The third kappa shape index (κ3) is 5.01. The number of esters is 1. The Kier molecular flexibility index (Phi) is 5.97. The van der Waals surface area contributed by atoms with Gasteiger partial charge in [-0.2, -0.15) is 0 Å². The van der Waals surface area contributed by atoms with Crippen LogP contribution in [0.3, 0.4) is 0 Å². The van der Waals surface area contributed by atoms with Crippen LogP contribution in [0.1, 0.15) is 5.56 Å². The number of ether oxygens (including phenoxy) is 1. The van der Waals surface area contributed by atoms with E-state index in [0.29, 0.717) is 6.54 Å². The molecule has 2 aromatic heterocycles. The van der Waals surface area contributed by atoms with E-state index in [0.717, 1.165) is 20.8 Å². The second-order valence-corrected chi connectivity index (χ2v) is 6.89. The SMILES string of the molecule is O=C(COC(=O)CSc1ncnc2sccc12)NCc1ccccc1. The number of thiophene rings is 1. The number of nitrogens with zero attached hydrogens (tertiary/aromatic N) is 2. The van der Waals surface area contributed by atoms with Gasteiger partial charge in [0.15, 0.2) is 6.61 Å². The molecule has 2 heterocycles. The fourth-order valence-electron chi connectivity index (χ4n) is 2.04. The van der Waals surface area contributed by atoms with Gasteiger partial charge in [-0.05, 0) is 17.0 Å². The molecule has 0 fully saturated rings. The average molecular weight is 373 g/mol. The average Bonchev–Trinajstić information content (AvgIpc) is 3.13. The van der Waals surface area contributed by atoms with Gasteiger partial charge in [-0.15, -0.1) is 11.3 Å². The number of carbonyl (C=O) groups excluding carboxylic acids is 2. The Labute approximate surface area is 152 Å². The monoisotopic (exact) mass is 373 g/mol. The van der Waals surface area contributed by atoms with E-state index in [9.17, 15) is 9.59 Å². The molecule has 0 radical (unpaired) electrons. The summed E-state index contributed by atoms with van der Waals surface area (Å²) in [6, 6.07) is 11.5. The molecule has 8 heteroatoms. The molecule has 0 aliphatic rings. The van der Waals surface area contributed by atoms with Crippen LogP contribution in [0.2, 0.25) is 0 Å². The van der Waals surface area contributed by atoms with Gasteiger partial charge in [-0.3, -0.25) is 9.59 Å². The molecule has 3 rings (SSSR count). The van der Waals surface area contributed by atoms with E-state index in [-0.39, 0.29) is 18.3 Å². The molecule has 1 amide bonds. The Morgan fingerprint density at radius 1 is 1.16 bits per heavy atom. The van der Waals surface area contributed by atoms with Crippen LogP contribution in [-0.2, 0) is 20.9 Å². The lowest BCUT2D eigenvalue weighted by atomic mass is 10.2. The second-order valence-electron chi connectivity index (χ2n) is 5.03. The Morgan fingerprint density at radius 3 is 2.84 bits per heavy atom. The molecule has 0 bridgehead atoms. The van der Waals surface area contributed by atoms with Gasteiger partial charge < -0.3 is 10.1 Å². The van der Waals surface area contributed by atoms with E-state index in [1.807, 2.05) is 41.8 Å². The molecule has 1 N–H and O–H groups in total. The van der Waals surface area contributed by atoms with Gasteiger partial charge >= 0.3 is 5.97 Å². The maximum absolute atomic E-state index is 11.8. The van der Waals surface area contributed by atoms with Crippen LogP contribution < -0.4 is 5.32 Å². The predicted octanol–water partition coefficient (Wildman–Crippen LogP) is 2.64. The number of benzene rings is 1. The quantitative estimate of drug-likeness (QED) is 0.390. The lowest BCUT2D eigenvalue weighted by Crippen LogP contribution is -2.28. The first-order valence-electron chi connectivity index (χ1n) is 7.49. The Morgan fingerprint density at radius 2 is 2.00 bits per heavy atom. The summed E-state index contributed by atoms with van der Waals surface area (Å²) >= 11 is 2.79. The maximum Gasteiger partial charge on any atom is 0.316 e. The maximum atomic E-state index is 11.8. The molecule has 0 saturated carbocycles. The first-order chi connectivity index (χ1) is 12.2. The van der Waals surface area contributed by atoms with E-state index >= 15 is 0 Å². The number of rotatable bonds is 7. The largest absolute Gasteiger partial charge is 0.455 e. The van der Waals surface area contributed by atoms with E-state index in [4.69, 9.17) is 4.74 Å². The molecule has 3 aromatic rings. The Hall–Kier alpha value is -2.45. The lowest BCUT2D eigenvalue weighted by molar-refractivity contribution is -0.145. The summed E-state index contributed by atoms with van der Waals surface area (Å²) in [7, 11) is 0. The number of aromatic nitrogens is 2. The van der Waals surface area contributed by atoms with Crippen molar-refractivity contribution < 1.29 is 14.3 Å². The van der Waals surface area contributed by atoms with Gasteiger partial charge in [0.25, 0.3) is 5.91 Å². The molecule has 0 atom stereocenters. The summed E-state index contributed by atoms with van der Waals surface area (Å²) < 4.78 is 4.99. The van der Waals surface area contributed by atoms with Gasteiger partial charge in [-0.1, -0.05) is 42.1 Å². The van der Waals surface area contributed by atoms with Crippen LogP contribution in [0.5, 0.6) is 0 Å². The van der Waals surface area contributed by atoms with Crippen molar-refractivity contribution in [1.82, 2.24) is 15.3 Å². The van der Waals surface area contributed by atoms with Crippen molar-refractivity contribution in [3.8, 4) is 0 Å². The van der Waals surface area contributed by atoms with Gasteiger partial charge in [-0.25, -0.2) is 9.97 Å². The highest BCUT2D eigenvalue weighted by molar-refractivity contribution is 8.00. The molecular weight excluding hydrogens is 358 g/mol. The zero-order chi connectivity index (χ0) is 17.5. The molecule has 0 spiro atoms. The minimum Gasteiger partial charge on any atom is -0.455 e. The van der Waals surface area contributed by atoms with Crippen LogP contribution in [-0.4, -0.2) is 34.2 Å². The summed E-state index contributed by atoms with van der Waals surface area (Å²) in [6.07, 6.45) is 1.48. The van der Waals surface area contributed by atoms with E-state index < -0.39 is 5.97 Å². The van der Waals surface area contributed by atoms with Gasteiger partial charge in [0.05, 0.1) is 5.75 Å². The summed E-state index contributed by atoms with van der Waals surface area (Å²) in [5, 5.41) is 6.29. The second kappa shape index (κ2) is 8.59. The van der Waals surface area contributed by atoms with Crippen LogP contribution in [0.4, 0.5) is 0 Å². The first kappa shape index (κ1) is 17.4. The molecule has 0 unspecified atom stereocenters. The van der Waals surface area contributed by atoms with Crippen molar-refractivity contribution in [3.63, 3.8) is 0 Å². The summed E-state index contributed by atoms with van der Waals surface area (Å²) in [5.41, 5.74) is 0.987. The van der Waals surface area contributed by atoms with Crippen molar-refractivity contribution in [1.29, 1.82) is 0 Å². The third-order valence-corrected chi connectivity index (χ3v) is 5.05. The number of thioether (sulfide) groups is 1. The fraction of sp³-hybridized carbons (Fsp3) is 0.176. The van der Waals surface area contributed by atoms with E-state index in [2.05, 4.69) is 15.3 Å². The zero-order valence-electron chi connectivity index (χ0n) is 13.2. The van der Waals surface area contributed by atoms with Gasteiger partial charge in [0.1, 0.15) is 16.2 Å². The van der Waals surface area contributed by atoms with Crippen molar-refractivity contribution in [2.75, 3.05) is 12.4 Å². The number of fused-ring (bicyclic) bond motifs is 1. The molecule has 6 nitrogen and oxygen atoms in total. The van der Waals surface area contributed by atoms with Gasteiger partial charge in [0, 0.05) is 11.9 Å². The van der Waals surface area contributed by atoms with Crippen molar-refractivity contribution in [3.05, 3.63) is 53.7 Å². The lowest BCUT2D eigenvalue weighted by Gasteiger charge is -2.07. The van der Waals surface area contributed by atoms with Crippen LogP contribution in [0, 0.1) is 0 Å². The highest BCUT2D eigenvalue weighted by atomic mass is 32.2. The van der Waals surface area contributed by atoms with E-state index in [1.165, 1.54) is 29.4 Å². The van der Waals surface area contributed by atoms with Crippen LogP contribution >= 0.6 is 23.1 Å². The first-order valence-corrected chi connectivity index (χ1v) is 9.36. The number of nitrogens with one attached hydrogen (secondary N) is 1. The Balaban J connectivity index is 1.40. The molecule has 0 aliphatic heterocycles. The standard InChI is InChI=1S/C17H15N3O3S2/c21-14(18-8-12-4-2-1-3-5-12)9-23-15(22)10-25-17-13-6-7-24-16(13)19-11-20-17/h1-7,11H,8-10H2,(H,18,21). The summed E-state index contributed by atoms with van der Waals surface area (Å²) in [5.74, 6) is -0.695. The summed E-state index contributed by atoms with van der Waals surface area (Å²) in [6.45, 7) is 0.118. The third-order valence-electron chi connectivity index (χ3n) is 3.25. The van der Waals surface area contributed by atoms with Crippen LogP contribution in [0.25, 0.3) is 10.2 Å². The number of amides is 1. The van der Waals surface area contributed by atoms with E-state index in [1.54, 1.807) is 0 Å². The zero-order valence-corrected chi connectivity index (χ0v) is 14.8. The van der Waals surface area contributed by atoms with Crippen molar-refractivity contribution in [2.45, 2.75) is 11.6 Å². The summed E-state index contributed by atoms with van der Waals surface area (Å²) in [4.78, 5) is 32.7. The number of hydrogen-bond donors (Lipinski definition) is 1. The molecule has 0 aliphatic carbocycles. The minimum absolute atomic E-state index is 0.0912. The highest BCUT2D eigenvalue weighted by Crippen LogP contribution is 2.27. The topological polar surface area (TPSA) is 81.2 Å². The van der Waals surface area contributed by atoms with Crippen molar-refractivity contribution >= 4 is 45.2 Å². The number of carbonyl (C=O) groups is 2. The molecule has 25 heavy (non-hydrogen) atoms. The van der Waals surface area contributed by atoms with Crippen LogP contribution in [0.15, 0.2) is 53.1 Å². The molecule has 1 aromatic carbocycles. The molecule has 0 saturated heterocycles. The van der Waals surface area contributed by atoms with Gasteiger partial charge in [0.2, 0.25) is 0 Å². The molecule has 128 valence electrons. The minimum atomic E-state index is -0.457.